The van der Waals surface area contributed by atoms with Crippen LogP contribution >= 0.6 is 15.9 Å². The first-order chi connectivity index (χ1) is 12.0. The summed E-state index contributed by atoms with van der Waals surface area (Å²) in [5.41, 5.74) is 1.93. The highest BCUT2D eigenvalue weighted by atomic mass is 79.9. The molecule has 25 heavy (non-hydrogen) atoms. The Balaban J connectivity index is 1.92. The van der Waals surface area contributed by atoms with Gasteiger partial charge in [0.05, 0.1) is 16.8 Å². The fourth-order valence-electron chi connectivity index (χ4n) is 3.01. The van der Waals surface area contributed by atoms with Crippen LogP contribution in [0.25, 0.3) is 0 Å². The Kier molecular flexibility index (Phi) is 5.08. The van der Waals surface area contributed by atoms with Crippen LogP contribution in [0.1, 0.15) is 39.1 Å². The van der Waals surface area contributed by atoms with E-state index in [2.05, 4.69) is 21.2 Å². The van der Waals surface area contributed by atoms with E-state index < -0.39 is 5.91 Å². The highest BCUT2D eigenvalue weighted by molar-refractivity contribution is 9.10. The van der Waals surface area contributed by atoms with Gasteiger partial charge < -0.3 is 15.3 Å². The summed E-state index contributed by atoms with van der Waals surface area (Å²) in [4.78, 5) is 27.2. The molecule has 2 N–H and O–H groups in total. The summed E-state index contributed by atoms with van der Waals surface area (Å²) in [6.07, 6.45) is 2.01. The number of halogens is 1. The number of likely N-dealkylation sites (tertiary alicyclic amines) is 1. The summed E-state index contributed by atoms with van der Waals surface area (Å²) in [5.74, 6) is -0.634. The molecule has 0 bridgehead atoms. The lowest BCUT2D eigenvalue weighted by molar-refractivity contribution is 0.0793. The van der Waals surface area contributed by atoms with Crippen LogP contribution in [-0.4, -0.2) is 34.9 Å². The van der Waals surface area contributed by atoms with Crippen molar-refractivity contribution >= 4 is 33.4 Å². The van der Waals surface area contributed by atoms with Gasteiger partial charge in [-0.1, -0.05) is 28.1 Å². The second-order valence-electron chi connectivity index (χ2n) is 6.11. The van der Waals surface area contributed by atoms with Crippen LogP contribution in [0.15, 0.2) is 40.9 Å². The molecule has 2 aromatic rings. The summed E-state index contributed by atoms with van der Waals surface area (Å²) >= 11 is 3.29. The van der Waals surface area contributed by atoms with E-state index in [4.69, 9.17) is 0 Å². The van der Waals surface area contributed by atoms with E-state index in [1.54, 1.807) is 24.3 Å². The zero-order valence-electron chi connectivity index (χ0n) is 13.9. The number of carbonyl (C=O) groups excluding carboxylic acids is 2. The lowest BCUT2D eigenvalue weighted by Crippen LogP contribution is -2.29. The highest BCUT2D eigenvalue weighted by Gasteiger charge is 2.24. The smallest absolute Gasteiger partial charge is 0.259 e. The maximum atomic E-state index is 12.8. The number of phenols is 1. The van der Waals surface area contributed by atoms with E-state index in [9.17, 15) is 14.7 Å². The number of phenolic OH excluding ortho intramolecular Hbond substituents is 1. The molecule has 0 unspecified atom stereocenters. The van der Waals surface area contributed by atoms with Crippen molar-refractivity contribution in [3.63, 3.8) is 0 Å². The van der Waals surface area contributed by atoms with E-state index in [1.165, 1.54) is 6.07 Å². The van der Waals surface area contributed by atoms with Gasteiger partial charge in [-0.2, -0.15) is 0 Å². The number of anilines is 1. The van der Waals surface area contributed by atoms with Crippen molar-refractivity contribution in [1.29, 1.82) is 0 Å². The third-order valence-corrected chi connectivity index (χ3v) is 4.82. The number of rotatable bonds is 3. The molecule has 0 atom stereocenters. The normalized spacial score (nSPS) is 13.8. The van der Waals surface area contributed by atoms with Crippen LogP contribution in [0.4, 0.5) is 5.69 Å². The minimum Gasteiger partial charge on any atom is -0.507 e. The summed E-state index contributed by atoms with van der Waals surface area (Å²) in [5, 5.41) is 12.7. The molecule has 1 aliphatic heterocycles. The largest absolute Gasteiger partial charge is 0.507 e. The Bertz CT molecular complexity index is 829. The van der Waals surface area contributed by atoms with Gasteiger partial charge in [0.1, 0.15) is 5.75 Å². The van der Waals surface area contributed by atoms with Crippen LogP contribution in [0.5, 0.6) is 5.75 Å². The number of nitrogens with zero attached hydrogens (tertiary/aromatic N) is 1. The van der Waals surface area contributed by atoms with Gasteiger partial charge in [-0.15, -0.1) is 0 Å². The molecule has 130 valence electrons. The van der Waals surface area contributed by atoms with Gasteiger partial charge in [0.25, 0.3) is 11.8 Å². The first kappa shape index (κ1) is 17.5. The van der Waals surface area contributed by atoms with Gasteiger partial charge >= 0.3 is 0 Å². The molecular formula is C19H19BrN2O3. The van der Waals surface area contributed by atoms with E-state index in [-0.39, 0.29) is 17.2 Å². The van der Waals surface area contributed by atoms with Crippen LogP contribution in [-0.2, 0) is 0 Å². The van der Waals surface area contributed by atoms with Gasteiger partial charge in [-0.25, -0.2) is 0 Å². The average Bonchev–Trinajstić information content (AvgIpc) is 3.11. The molecule has 1 saturated heterocycles. The zero-order chi connectivity index (χ0) is 18.0. The molecule has 0 aromatic heterocycles. The Morgan fingerprint density at radius 1 is 1.16 bits per heavy atom. The lowest BCUT2D eigenvalue weighted by atomic mass is 10.0. The Morgan fingerprint density at radius 2 is 1.88 bits per heavy atom. The molecule has 2 amide bonds. The second kappa shape index (κ2) is 7.27. The van der Waals surface area contributed by atoms with Gasteiger partial charge in [0.15, 0.2) is 0 Å². The number of hydrogen-bond acceptors (Lipinski definition) is 3. The summed E-state index contributed by atoms with van der Waals surface area (Å²) in [6, 6.07) is 10.0. The molecule has 0 aliphatic carbocycles. The molecule has 5 nitrogen and oxygen atoms in total. The Labute approximate surface area is 154 Å². The molecular weight excluding hydrogens is 384 g/mol. The van der Waals surface area contributed by atoms with Crippen LogP contribution in [0.2, 0.25) is 0 Å². The summed E-state index contributed by atoms with van der Waals surface area (Å²) in [6.45, 7) is 3.34. The van der Waals surface area contributed by atoms with Gasteiger partial charge in [0, 0.05) is 17.6 Å². The van der Waals surface area contributed by atoms with Crippen LogP contribution < -0.4 is 5.32 Å². The standard InChI is InChI=1S/C19H19BrN2O3/c1-12-5-4-6-15(17(12)19(25)22-9-2-3-10-22)21-18(24)14-11-13(20)7-8-16(14)23/h4-8,11,23H,2-3,9-10H2,1H3,(H,21,24). The molecule has 0 saturated carbocycles. The lowest BCUT2D eigenvalue weighted by Gasteiger charge is -2.20. The Morgan fingerprint density at radius 3 is 2.60 bits per heavy atom. The molecule has 1 fully saturated rings. The van der Waals surface area contributed by atoms with Crippen molar-refractivity contribution in [3.8, 4) is 5.75 Å². The molecule has 0 spiro atoms. The minimum atomic E-state index is -0.458. The quantitative estimate of drug-likeness (QED) is 0.816. The van der Waals surface area contributed by atoms with E-state index >= 15 is 0 Å². The fraction of sp³-hybridized carbons (Fsp3) is 0.263. The first-order valence-corrected chi connectivity index (χ1v) is 8.95. The number of aryl methyl sites for hydroxylation is 1. The van der Waals surface area contributed by atoms with E-state index in [0.717, 1.165) is 31.5 Å². The number of hydrogen-bond donors (Lipinski definition) is 2. The topological polar surface area (TPSA) is 69.6 Å². The maximum absolute atomic E-state index is 12.8. The number of aromatic hydroxyl groups is 1. The van der Waals surface area contributed by atoms with Crippen molar-refractivity contribution in [2.45, 2.75) is 19.8 Å². The summed E-state index contributed by atoms with van der Waals surface area (Å²) in [7, 11) is 0. The monoisotopic (exact) mass is 402 g/mol. The van der Waals surface area contributed by atoms with Crippen molar-refractivity contribution in [3.05, 3.63) is 57.6 Å². The predicted molar refractivity (Wildman–Crippen MR) is 100 cm³/mol. The SMILES string of the molecule is Cc1cccc(NC(=O)c2cc(Br)ccc2O)c1C(=O)N1CCCC1. The van der Waals surface area contributed by atoms with Gasteiger partial charge in [-0.05, 0) is 49.6 Å². The van der Waals surface area contributed by atoms with E-state index in [0.29, 0.717) is 15.7 Å². The van der Waals surface area contributed by atoms with Crippen molar-refractivity contribution in [2.75, 3.05) is 18.4 Å². The average molecular weight is 403 g/mol. The first-order valence-electron chi connectivity index (χ1n) is 8.16. The third-order valence-electron chi connectivity index (χ3n) is 4.33. The third kappa shape index (κ3) is 3.69. The van der Waals surface area contributed by atoms with Crippen LogP contribution in [0, 0.1) is 6.92 Å². The molecule has 0 radical (unpaired) electrons. The van der Waals surface area contributed by atoms with Crippen molar-refractivity contribution in [2.24, 2.45) is 0 Å². The van der Waals surface area contributed by atoms with E-state index in [1.807, 2.05) is 17.9 Å². The molecule has 3 rings (SSSR count). The highest BCUT2D eigenvalue weighted by Crippen LogP contribution is 2.26. The second-order valence-corrected chi connectivity index (χ2v) is 7.03. The molecule has 2 aromatic carbocycles. The minimum absolute atomic E-state index is 0.0654. The Hall–Kier alpha value is -2.34. The zero-order valence-corrected chi connectivity index (χ0v) is 15.5. The molecule has 1 heterocycles. The van der Waals surface area contributed by atoms with Gasteiger partial charge in [0.2, 0.25) is 0 Å². The predicted octanol–water partition coefficient (Wildman–Crippen LogP) is 3.95. The number of carbonyl (C=O) groups is 2. The molecule has 1 aliphatic rings. The number of nitrogens with one attached hydrogen (secondary N) is 1. The number of amides is 2. The fourth-order valence-corrected chi connectivity index (χ4v) is 3.38. The van der Waals surface area contributed by atoms with Crippen molar-refractivity contribution in [1.82, 2.24) is 4.90 Å². The van der Waals surface area contributed by atoms with Crippen LogP contribution in [0.3, 0.4) is 0 Å². The maximum Gasteiger partial charge on any atom is 0.259 e. The number of benzene rings is 2. The van der Waals surface area contributed by atoms with Gasteiger partial charge in [-0.3, -0.25) is 9.59 Å². The summed E-state index contributed by atoms with van der Waals surface area (Å²) < 4.78 is 0.688. The molecule has 6 heteroatoms. The van der Waals surface area contributed by atoms with Crippen molar-refractivity contribution < 1.29 is 14.7 Å².